The van der Waals surface area contributed by atoms with Crippen LogP contribution in [-0.4, -0.2) is 36.3 Å². The Labute approximate surface area is 144 Å². The number of nitrogens with one attached hydrogen (secondary N) is 1. The summed E-state index contributed by atoms with van der Waals surface area (Å²) in [6.45, 7) is -0.0667. The fourth-order valence-electron chi connectivity index (χ4n) is 2.71. The van der Waals surface area contributed by atoms with Crippen LogP contribution < -0.4 is 10.1 Å². The molecule has 2 N–H and O–H groups in total. The highest BCUT2D eigenvalue weighted by Crippen LogP contribution is 2.33. The largest absolute Gasteiger partial charge is 0.494 e. The van der Waals surface area contributed by atoms with Gasteiger partial charge in [-0.3, -0.25) is 9.78 Å². The average Bonchev–Trinajstić information content (AvgIpc) is 2.64. The molecule has 1 aromatic heterocycles. The molecule has 3 aromatic rings. The Bertz CT molecular complexity index is 928. The van der Waals surface area contributed by atoms with Crippen LogP contribution in [0.1, 0.15) is 10.4 Å². The fourth-order valence-corrected chi connectivity index (χ4v) is 2.71. The Morgan fingerprint density at radius 2 is 2.12 bits per heavy atom. The number of pyridine rings is 1. The predicted molar refractivity (Wildman–Crippen MR) is 93.1 cm³/mol. The summed E-state index contributed by atoms with van der Waals surface area (Å²) in [5.41, 5.74) is 2.17. The Kier molecular flexibility index (Phi) is 4.90. The topological polar surface area (TPSA) is 71.5 Å². The molecule has 128 valence electrons. The van der Waals surface area contributed by atoms with Crippen LogP contribution in [0.3, 0.4) is 0 Å². The number of aliphatic hydroxyl groups is 1. The first kappa shape index (κ1) is 16.9. The van der Waals surface area contributed by atoms with E-state index in [1.54, 1.807) is 31.5 Å². The van der Waals surface area contributed by atoms with E-state index in [1.807, 2.05) is 12.1 Å². The van der Waals surface area contributed by atoms with E-state index in [4.69, 9.17) is 9.84 Å². The SMILES string of the molecule is COc1ccc(-c2cc(F)cc(C(=O)NCCO)c2)c2cccnc12. The molecule has 5 nitrogen and oxygen atoms in total. The monoisotopic (exact) mass is 340 g/mol. The minimum Gasteiger partial charge on any atom is -0.494 e. The molecule has 3 rings (SSSR count). The van der Waals surface area contributed by atoms with Crippen LogP contribution in [0.2, 0.25) is 0 Å². The summed E-state index contributed by atoms with van der Waals surface area (Å²) in [7, 11) is 1.56. The molecule has 2 aromatic carbocycles. The molecule has 0 saturated carbocycles. The second kappa shape index (κ2) is 7.27. The van der Waals surface area contributed by atoms with E-state index in [9.17, 15) is 9.18 Å². The molecule has 0 atom stereocenters. The molecule has 0 fully saturated rings. The highest BCUT2D eigenvalue weighted by Gasteiger charge is 2.13. The van der Waals surface area contributed by atoms with Gasteiger partial charge < -0.3 is 15.2 Å². The van der Waals surface area contributed by atoms with Gasteiger partial charge in [0.25, 0.3) is 5.91 Å². The van der Waals surface area contributed by atoms with Crippen molar-refractivity contribution >= 4 is 16.8 Å². The zero-order valence-corrected chi connectivity index (χ0v) is 13.6. The molecule has 0 spiro atoms. The van der Waals surface area contributed by atoms with Gasteiger partial charge >= 0.3 is 0 Å². The lowest BCUT2D eigenvalue weighted by molar-refractivity contribution is 0.0944. The zero-order valence-electron chi connectivity index (χ0n) is 13.6. The molecule has 1 amide bonds. The molecule has 0 radical (unpaired) electrons. The van der Waals surface area contributed by atoms with Crippen molar-refractivity contribution in [3.8, 4) is 16.9 Å². The number of aromatic nitrogens is 1. The van der Waals surface area contributed by atoms with Gasteiger partial charge in [-0.2, -0.15) is 0 Å². The van der Waals surface area contributed by atoms with E-state index in [0.29, 0.717) is 16.8 Å². The van der Waals surface area contributed by atoms with E-state index < -0.39 is 11.7 Å². The number of halogens is 1. The van der Waals surface area contributed by atoms with Gasteiger partial charge in [-0.25, -0.2) is 4.39 Å². The third-order valence-corrected chi connectivity index (χ3v) is 3.82. The Hall–Kier alpha value is -2.99. The van der Waals surface area contributed by atoms with Crippen molar-refractivity contribution < 1.29 is 19.0 Å². The number of methoxy groups -OCH3 is 1. The molecule has 0 aliphatic carbocycles. The van der Waals surface area contributed by atoms with Gasteiger partial charge in [-0.15, -0.1) is 0 Å². The van der Waals surface area contributed by atoms with Crippen LogP contribution in [0.15, 0.2) is 48.7 Å². The third-order valence-electron chi connectivity index (χ3n) is 3.82. The maximum absolute atomic E-state index is 14.1. The zero-order chi connectivity index (χ0) is 17.8. The second-order valence-electron chi connectivity index (χ2n) is 5.42. The van der Waals surface area contributed by atoms with Gasteiger partial charge in [0.1, 0.15) is 17.1 Å². The summed E-state index contributed by atoms with van der Waals surface area (Å²) < 4.78 is 19.4. The molecule has 1 heterocycles. The molecular weight excluding hydrogens is 323 g/mol. The minimum absolute atomic E-state index is 0.111. The molecule has 0 saturated heterocycles. The molecule has 0 aliphatic rings. The number of rotatable bonds is 5. The normalized spacial score (nSPS) is 10.7. The molecule has 25 heavy (non-hydrogen) atoms. The average molecular weight is 340 g/mol. The van der Waals surface area contributed by atoms with E-state index in [2.05, 4.69) is 10.3 Å². The third kappa shape index (κ3) is 3.44. The maximum atomic E-state index is 14.1. The van der Waals surface area contributed by atoms with Crippen molar-refractivity contribution in [2.75, 3.05) is 20.3 Å². The van der Waals surface area contributed by atoms with Gasteiger partial charge in [-0.1, -0.05) is 6.07 Å². The summed E-state index contributed by atoms with van der Waals surface area (Å²) >= 11 is 0. The number of hydrogen-bond acceptors (Lipinski definition) is 4. The maximum Gasteiger partial charge on any atom is 0.251 e. The smallest absolute Gasteiger partial charge is 0.251 e. The van der Waals surface area contributed by atoms with Gasteiger partial charge in [0.2, 0.25) is 0 Å². The molecule has 6 heteroatoms. The van der Waals surface area contributed by atoms with Crippen LogP contribution in [0.5, 0.6) is 5.75 Å². The number of ether oxygens (including phenoxy) is 1. The fraction of sp³-hybridized carbons (Fsp3) is 0.158. The van der Waals surface area contributed by atoms with E-state index in [1.165, 1.54) is 12.1 Å². The van der Waals surface area contributed by atoms with Crippen molar-refractivity contribution in [3.63, 3.8) is 0 Å². The van der Waals surface area contributed by atoms with Gasteiger partial charge in [0.15, 0.2) is 0 Å². The number of benzene rings is 2. The summed E-state index contributed by atoms with van der Waals surface area (Å²) in [6, 6.07) is 11.4. The van der Waals surface area contributed by atoms with Gasteiger partial charge in [-0.05, 0) is 47.5 Å². The standard InChI is InChI=1S/C19H17FN2O3/c1-25-17-5-4-15(16-3-2-6-21-18(16)17)12-9-13(11-14(20)10-12)19(24)22-7-8-23/h2-6,9-11,23H,7-8H2,1H3,(H,22,24). The summed E-state index contributed by atoms with van der Waals surface area (Å²) in [4.78, 5) is 16.4. The van der Waals surface area contributed by atoms with Crippen molar-refractivity contribution in [3.05, 3.63) is 60.0 Å². The van der Waals surface area contributed by atoms with Crippen LogP contribution in [0.25, 0.3) is 22.0 Å². The second-order valence-corrected chi connectivity index (χ2v) is 5.42. The number of carbonyl (C=O) groups is 1. The first-order valence-electron chi connectivity index (χ1n) is 7.76. The van der Waals surface area contributed by atoms with Crippen molar-refractivity contribution in [2.45, 2.75) is 0 Å². The highest BCUT2D eigenvalue weighted by atomic mass is 19.1. The lowest BCUT2D eigenvalue weighted by Gasteiger charge is -2.11. The molecular formula is C19H17FN2O3. The number of fused-ring (bicyclic) bond motifs is 1. The van der Waals surface area contributed by atoms with Crippen LogP contribution >= 0.6 is 0 Å². The van der Waals surface area contributed by atoms with Crippen LogP contribution in [-0.2, 0) is 0 Å². The number of aliphatic hydroxyl groups excluding tert-OH is 1. The Balaban J connectivity index is 2.12. The number of nitrogens with zero attached hydrogens (tertiary/aromatic N) is 1. The first-order chi connectivity index (χ1) is 12.1. The van der Waals surface area contributed by atoms with Gasteiger partial charge in [0.05, 0.1) is 13.7 Å². The van der Waals surface area contributed by atoms with Crippen molar-refractivity contribution in [2.24, 2.45) is 0 Å². The predicted octanol–water partition coefficient (Wildman–Crippen LogP) is 2.77. The van der Waals surface area contributed by atoms with Crippen LogP contribution in [0.4, 0.5) is 4.39 Å². The van der Waals surface area contributed by atoms with E-state index >= 15 is 0 Å². The number of carbonyl (C=O) groups excluding carboxylic acids is 1. The van der Waals surface area contributed by atoms with E-state index in [0.717, 1.165) is 10.9 Å². The Morgan fingerprint density at radius 3 is 2.88 bits per heavy atom. The molecule has 0 aliphatic heterocycles. The van der Waals surface area contributed by atoms with Crippen molar-refractivity contribution in [1.82, 2.24) is 10.3 Å². The van der Waals surface area contributed by atoms with Gasteiger partial charge in [0, 0.05) is 23.7 Å². The summed E-state index contributed by atoms with van der Waals surface area (Å²) in [5, 5.41) is 12.1. The lowest BCUT2D eigenvalue weighted by atomic mass is 9.98. The minimum atomic E-state index is -0.514. The first-order valence-corrected chi connectivity index (χ1v) is 7.76. The molecule has 0 unspecified atom stereocenters. The lowest BCUT2D eigenvalue weighted by Crippen LogP contribution is -2.26. The van der Waals surface area contributed by atoms with Crippen molar-refractivity contribution in [1.29, 1.82) is 0 Å². The Morgan fingerprint density at radius 1 is 1.28 bits per heavy atom. The molecule has 0 bridgehead atoms. The van der Waals surface area contributed by atoms with E-state index in [-0.39, 0.29) is 18.7 Å². The van der Waals surface area contributed by atoms with Crippen LogP contribution in [0, 0.1) is 5.82 Å². The quantitative estimate of drug-likeness (QED) is 0.749. The highest BCUT2D eigenvalue weighted by molar-refractivity contribution is 6.00. The number of hydrogen-bond donors (Lipinski definition) is 2. The summed E-state index contributed by atoms with van der Waals surface area (Å²) in [6.07, 6.45) is 1.66. The number of amides is 1. The summed E-state index contributed by atoms with van der Waals surface area (Å²) in [5.74, 6) is -0.332.